The molecule has 2 rings (SSSR count). The lowest BCUT2D eigenvalue weighted by atomic mass is 9.92. The molecule has 0 N–H and O–H groups in total. The van der Waals surface area contributed by atoms with Gasteiger partial charge in [-0.25, -0.2) is 8.42 Å². The van der Waals surface area contributed by atoms with Gasteiger partial charge in [0.1, 0.15) is 0 Å². The molecule has 1 fully saturated rings. The average molecular weight is 324 g/mol. The van der Waals surface area contributed by atoms with Crippen LogP contribution in [-0.2, 0) is 9.84 Å². The summed E-state index contributed by atoms with van der Waals surface area (Å²) in [6, 6.07) is 7.30. The van der Waals surface area contributed by atoms with Crippen LogP contribution in [0.25, 0.3) is 0 Å². The van der Waals surface area contributed by atoms with Crippen LogP contribution in [0.3, 0.4) is 0 Å². The highest BCUT2D eigenvalue weighted by atomic mass is 32.2. The lowest BCUT2D eigenvalue weighted by Crippen LogP contribution is -2.33. The topological polar surface area (TPSA) is 40.6 Å². The van der Waals surface area contributed by atoms with Crippen LogP contribution in [0.5, 0.6) is 0 Å². The van der Waals surface area contributed by atoms with Crippen LogP contribution in [-0.4, -0.2) is 53.3 Å². The highest BCUT2D eigenvalue weighted by Crippen LogP contribution is 2.26. The van der Waals surface area contributed by atoms with Crippen molar-refractivity contribution >= 4 is 15.5 Å². The van der Waals surface area contributed by atoms with Gasteiger partial charge in [0.2, 0.25) is 0 Å². The molecule has 4 nitrogen and oxygen atoms in total. The molecule has 1 heterocycles. The number of piperidine rings is 1. The van der Waals surface area contributed by atoms with Crippen LogP contribution < -0.4 is 4.90 Å². The van der Waals surface area contributed by atoms with Crippen LogP contribution in [0.4, 0.5) is 5.69 Å². The van der Waals surface area contributed by atoms with Crippen molar-refractivity contribution in [2.24, 2.45) is 5.92 Å². The Labute approximate surface area is 135 Å². The van der Waals surface area contributed by atoms with Gasteiger partial charge < -0.3 is 9.80 Å². The monoisotopic (exact) mass is 324 g/mol. The average Bonchev–Trinajstić information content (AvgIpc) is 2.47. The molecule has 0 atom stereocenters. The Hall–Kier alpha value is -1.07. The number of benzene rings is 1. The third-order valence-corrected chi connectivity index (χ3v) is 5.59. The zero-order chi connectivity index (χ0) is 16.2. The second-order valence-corrected chi connectivity index (χ2v) is 8.66. The molecule has 1 aliphatic rings. The highest BCUT2D eigenvalue weighted by Gasteiger charge is 2.19. The lowest BCUT2D eigenvalue weighted by Gasteiger charge is -2.34. The van der Waals surface area contributed by atoms with Gasteiger partial charge in [-0.3, -0.25) is 0 Å². The van der Waals surface area contributed by atoms with E-state index in [1.807, 2.05) is 12.1 Å². The number of hydrogen-bond acceptors (Lipinski definition) is 4. The predicted octanol–water partition coefficient (Wildman–Crippen LogP) is 2.65. The number of hydrogen-bond donors (Lipinski definition) is 0. The summed E-state index contributed by atoms with van der Waals surface area (Å²) in [6.07, 6.45) is 6.32. The minimum absolute atomic E-state index is 0.398. The molecular formula is C17H28N2O2S. The molecule has 0 spiro atoms. The molecule has 0 radical (unpaired) electrons. The molecule has 0 amide bonds. The van der Waals surface area contributed by atoms with Gasteiger partial charge in [-0.05, 0) is 76.5 Å². The number of nitrogens with zero attached hydrogens (tertiary/aromatic N) is 2. The Bertz CT molecular complexity index is 559. The zero-order valence-electron chi connectivity index (χ0n) is 14.0. The molecular weight excluding hydrogens is 296 g/mol. The number of rotatable bonds is 6. The van der Waals surface area contributed by atoms with Gasteiger partial charge in [-0.1, -0.05) is 0 Å². The Kier molecular flexibility index (Phi) is 5.87. The molecule has 22 heavy (non-hydrogen) atoms. The van der Waals surface area contributed by atoms with E-state index in [1.165, 1.54) is 38.5 Å². The molecule has 0 aliphatic carbocycles. The lowest BCUT2D eigenvalue weighted by molar-refractivity contribution is 0.331. The van der Waals surface area contributed by atoms with E-state index in [0.29, 0.717) is 4.90 Å². The number of sulfone groups is 1. The van der Waals surface area contributed by atoms with Crippen LogP contribution in [0.15, 0.2) is 29.2 Å². The van der Waals surface area contributed by atoms with Gasteiger partial charge in [0.15, 0.2) is 9.84 Å². The van der Waals surface area contributed by atoms with E-state index in [9.17, 15) is 8.42 Å². The summed E-state index contributed by atoms with van der Waals surface area (Å²) in [5, 5.41) is 0. The van der Waals surface area contributed by atoms with E-state index >= 15 is 0 Å². The van der Waals surface area contributed by atoms with Gasteiger partial charge in [0.05, 0.1) is 4.90 Å². The van der Waals surface area contributed by atoms with Crippen LogP contribution >= 0.6 is 0 Å². The first-order valence-corrected chi connectivity index (χ1v) is 9.95. The zero-order valence-corrected chi connectivity index (χ0v) is 14.8. The molecule has 1 aromatic rings. The molecule has 5 heteroatoms. The standard InChI is InChI=1S/C17H28N2O2S/c1-18(2)12-4-5-15-10-13-19(14-11-15)16-6-8-17(9-7-16)22(3,20)21/h6-9,15H,4-5,10-14H2,1-3H3. The fourth-order valence-electron chi connectivity index (χ4n) is 3.08. The van der Waals surface area contributed by atoms with E-state index < -0.39 is 9.84 Å². The molecule has 0 unspecified atom stereocenters. The summed E-state index contributed by atoms with van der Waals surface area (Å²) in [5.41, 5.74) is 1.14. The fraction of sp³-hybridized carbons (Fsp3) is 0.647. The maximum absolute atomic E-state index is 11.5. The molecule has 0 saturated carbocycles. The van der Waals surface area contributed by atoms with E-state index in [0.717, 1.165) is 24.7 Å². The van der Waals surface area contributed by atoms with Crippen molar-refractivity contribution in [2.75, 3.05) is 44.9 Å². The van der Waals surface area contributed by atoms with Crippen molar-refractivity contribution in [1.82, 2.24) is 4.90 Å². The van der Waals surface area contributed by atoms with E-state index in [2.05, 4.69) is 23.9 Å². The summed E-state index contributed by atoms with van der Waals surface area (Å²) in [4.78, 5) is 5.02. The highest BCUT2D eigenvalue weighted by molar-refractivity contribution is 7.90. The number of anilines is 1. The first-order valence-electron chi connectivity index (χ1n) is 8.06. The second kappa shape index (κ2) is 7.47. The van der Waals surface area contributed by atoms with Crippen LogP contribution in [0.2, 0.25) is 0 Å². The summed E-state index contributed by atoms with van der Waals surface area (Å²) in [5.74, 6) is 0.839. The molecule has 1 saturated heterocycles. The van der Waals surface area contributed by atoms with Crippen molar-refractivity contribution in [1.29, 1.82) is 0 Å². The first-order chi connectivity index (χ1) is 10.4. The fourth-order valence-corrected chi connectivity index (χ4v) is 3.71. The Morgan fingerprint density at radius 2 is 1.73 bits per heavy atom. The summed E-state index contributed by atoms with van der Waals surface area (Å²) < 4.78 is 23.0. The molecule has 1 aliphatic heterocycles. The first kappa shape index (κ1) is 17.3. The van der Waals surface area contributed by atoms with E-state index in [1.54, 1.807) is 12.1 Å². The van der Waals surface area contributed by atoms with Crippen molar-refractivity contribution in [2.45, 2.75) is 30.6 Å². The second-order valence-electron chi connectivity index (χ2n) is 6.64. The Morgan fingerprint density at radius 1 is 1.14 bits per heavy atom. The summed E-state index contributed by atoms with van der Waals surface area (Å²) in [7, 11) is 1.16. The van der Waals surface area contributed by atoms with E-state index in [-0.39, 0.29) is 0 Å². The quantitative estimate of drug-likeness (QED) is 0.806. The van der Waals surface area contributed by atoms with Gasteiger partial charge in [0.25, 0.3) is 0 Å². The normalized spacial score (nSPS) is 17.2. The molecule has 1 aromatic carbocycles. The van der Waals surface area contributed by atoms with Crippen molar-refractivity contribution in [3.8, 4) is 0 Å². The third kappa shape index (κ3) is 4.99. The third-order valence-electron chi connectivity index (χ3n) is 4.46. The largest absolute Gasteiger partial charge is 0.372 e. The van der Waals surface area contributed by atoms with Gasteiger partial charge in [-0.2, -0.15) is 0 Å². The molecule has 124 valence electrons. The predicted molar refractivity (Wildman–Crippen MR) is 92.3 cm³/mol. The van der Waals surface area contributed by atoms with E-state index in [4.69, 9.17) is 0 Å². The SMILES string of the molecule is CN(C)CCCC1CCN(c2ccc(S(C)(=O)=O)cc2)CC1. The Balaban J connectivity index is 1.84. The minimum atomic E-state index is -3.10. The maximum Gasteiger partial charge on any atom is 0.175 e. The van der Waals surface area contributed by atoms with Crippen LogP contribution in [0, 0.1) is 5.92 Å². The van der Waals surface area contributed by atoms with Crippen molar-refractivity contribution in [3.63, 3.8) is 0 Å². The van der Waals surface area contributed by atoms with Gasteiger partial charge >= 0.3 is 0 Å². The van der Waals surface area contributed by atoms with Crippen molar-refractivity contribution in [3.05, 3.63) is 24.3 Å². The van der Waals surface area contributed by atoms with Crippen LogP contribution in [0.1, 0.15) is 25.7 Å². The minimum Gasteiger partial charge on any atom is -0.372 e. The Morgan fingerprint density at radius 3 is 2.23 bits per heavy atom. The van der Waals surface area contributed by atoms with Gasteiger partial charge in [-0.15, -0.1) is 0 Å². The summed E-state index contributed by atoms with van der Waals surface area (Å²) >= 11 is 0. The smallest absolute Gasteiger partial charge is 0.175 e. The maximum atomic E-state index is 11.5. The van der Waals surface area contributed by atoms with Gasteiger partial charge in [0, 0.05) is 25.0 Å². The summed E-state index contributed by atoms with van der Waals surface area (Å²) in [6.45, 7) is 3.32. The molecule has 0 bridgehead atoms. The molecule has 0 aromatic heterocycles. The van der Waals surface area contributed by atoms with Crippen molar-refractivity contribution < 1.29 is 8.42 Å².